The number of nitrogens with one attached hydrogen (secondary N) is 1. The van der Waals surface area contributed by atoms with E-state index >= 15 is 0 Å². The van der Waals surface area contributed by atoms with Gasteiger partial charge in [-0.15, -0.1) is 0 Å². The smallest absolute Gasteiger partial charge is 0.240 e. The van der Waals surface area contributed by atoms with Crippen LogP contribution in [-0.2, 0) is 16.6 Å². The first-order chi connectivity index (χ1) is 11.0. The van der Waals surface area contributed by atoms with E-state index in [-0.39, 0.29) is 11.4 Å². The third kappa shape index (κ3) is 3.60. The predicted molar refractivity (Wildman–Crippen MR) is 90.7 cm³/mol. The standard InChI is InChI=1S/C16H17ClN2O3S/c1-19-8-9-22-16-7-6-14(10-15(16)19)23(20,21)18-11-12-2-4-13(17)5-3-12/h2-7,10,18H,8-9,11H2,1H3. The highest BCUT2D eigenvalue weighted by atomic mass is 35.5. The monoisotopic (exact) mass is 352 g/mol. The van der Waals surface area contributed by atoms with E-state index in [0.717, 1.165) is 17.8 Å². The van der Waals surface area contributed by atoms with Gasteiger partial charge < -0.3 is 9.64 Å². The number of likely N-dealkylation sites (N-methyl/N-ethyl adjacent to an activating group) is 1. The molecule has 0 unspecified atom stereocenters. The van der Waals surface area contributed by atoms with E-state index in [1.807, 2.05) is 11.9 Å². The number of hydrogen-bond donors (Lipinski definition) is 1. The summed E-state index contributed by atoms with van der Waals surface area (Å²) in [7, 11) is -1.68. The van der Waals surface area contributed by atoms with Gasteiger partial charge in [0.15, 0.2) is 0 Å². The fraction of sp³-hybridized carbons (Fsp3) is 0.250. The quantitative estimate of drug-likeness (QED) is 0.919. The second-order valence-electron chi connectivity index (χ2n) is 5.35. The topological polar surface area (TPSA) is 58.6 Å². The molecule has 0 amide bonds. The average molecular weight is 353 g/mol. The number of rotatable bonds is 4. The first kappa shape index (κ1) is 16.1. The molecule has 1 N–H and O–H groups in total. The van der Waals surface area contributed by atoms with E-state index in [1.54, 1.807) is 42.5 Å². The molecule has 0 radical (unpaired) electrons. The Labute approximate surface area is 140 Å². The second kappa shape index (κ2) is 6.39. The van der Waals surface area contributed by atoms with Gasteiger partial charge in [0.05, 0.1) is 17.1 Å². The lowest BCUT2D eigenvalue weighted by atomic mass is 10.2. The number of benzene rings is 2. The van der Waals surface area contributed by atoms with E-state index in [1.165, 1.54) is 0 Å². The van der Waals surface area contributed by atoms with Crippen molar-refractivity contribution >= 4 is 27.3 Å². The Morgan fingerprint density at radius 1 is 1.22 bits per heavy atom. The largest absolute Gasteiger partial charge is 0.490 e. The summed E-state index contributed by atoms with van der Waals surface area (Å²) in [6.07, 6.45) is 0. The normalized spacial score (nSPS) is 14.3. The Morgan fingerprint density at radius 3 is 2.70 bits per heavy atom. The van der Waals surface area contributed by atoms with Crippen LogP contribution in [0.2, 0.25) is 5.02 Å². The zero-order chi connectivity index (χ0) is 16.4. The van der Waals surface area contributed by atoms with Gasteiger partial charge in [-0.25, -0.2) is 13.1 Å². The lowest BCUT2D eigenvalue weighted by molar-refractivity contribution is 0.311. The third-order valence-electron chi connectivity index (χ3n) is 3.72. The van der Waals surface area contributed by atoms with Crippen LogP contribution < -0.4 is 14.4 Å². The van der Waals surface area contributed by atoms with Crippen molar-refractivity contribution in [2.45, 2.75) is 11.4 Å². The summed E-state index contributed by atoms with van der Waals surface area (Å²) in [4.78, 5) is 2.21. The molecule has 2 aromatic rings. The van der Waals surface area contributed by atoms with Gasteiger partial charge in [-0.05, 0) is 35.9 Å². The maximum absolute atomic E-state index is 12.5. The minimum absolute atomic E-state index is 0.211. The van der Waals surface area contributed by atoms with Gasteiger partial charge in [-0.3, -0.25) is 0 Å². The molecule has 0 saturated heterocycles. The summed E-state index contributed by atoms with van der Waals surface area (Å²) in [6, 6.07) is 11.9. The Hall–Kier alpha value is -1.76. The number of ether oxygens (including phenoxy) is 1. The minimum Gasteiger partial charge on any atom is -0.490 e. The van der Waals surface area contributed by atoms with Crippen molar-refractivity contribution in [2.75, 3.05) is 25.1 Å². The fourth-order valence-electron chi connectivity index (χ4n) is 2.36. The molecule has 0 aromatic heterocycles. The lowest BCUT2D eigenvalue weighted by Crippen LogP contribution is -2.29. The van der Waals surface area contributed by atoms with Crippen LogP contribution in [0.15, 0.2) is 47.4 Å². The van der Waals surface area contributed by atoms with Crippen molar-refractivity contribution in [3.05, 3.63) is 53.1 Å². The van der Waals surface area contributed by atoms with Crippen molar-refractivity contribution in [3.8, 4) is 5.75 Å². The average Bonchev–Trinajstić information content (AvgIpc) is 2.54. The molecule has 2 aromatic carbocycles. The van der Waals surface area contributed by atoms with Crippen molar-refractivity contribution in [3.63, 3.8) is 0 Å². The Balaban J connectivity index is 1.79. The van der Waals surface area contributed by atoms with Crippen LogP contribution in [0.25, 0.3) is 0 Å². The SMILES string of the molecule is CN1CCOc2ccc(S(=O)(=O)NCc3ccc(Cl)cc3)cc21. The van der Waals surface area contributed by atoms with Crippen LogP contribution in [0.5, 0.6) is 5.75 Å². The molecule has 1 aliphatic rings. The molecular weight excluding hydrogens is 336 g/mol. The number of sulfonamides is 1. The molecule has 0 fully saturated rings. The molecule has 122 valence electrons. The third-order valence-corrected chi connectivity index (χ3v) is 5.37. The highest BCUT2D eigenvalue weighted by Gasteiger charge is 2.20. The Bertz CT molecular complexity index is 807. The number of nitrogens with zero attached hydrogens (tertiary/aromatic N) is 1. The number of hydrogen-bond acceptors (Lipinski definition) is 4. The summed E-state index contributed by atoms with van der Waals surface area (Å²) in [5.41, 5.74) is 1.63. The van der Waals surface area contributed by atoms with Gasteiger partial charge in [-0.1, -0.05) is 23.7 Å². The molecule has 0 saturated carbocycles. The predicted octanol–water partition coefficient (Wildman–Crippen LogP) is 2.65. The number of halogens is 1. The first-order valence-electron chi connectivity index (χ1n) is 7.18. The van der Waals surface area contributed by atoms with Crippen LogP contribution in [0.3, 0.4) is 0 Å². The molecular formula is C16H17ClN2O3S. The Morgan fingerprint density at radius 2 is 1.96 bits per heavy atom. The summed E-state index contributed by atoms with van der Waals surface area (Å²) in [6.45, 7) is 1.54. The maximum atomic E-state index is 12.5. The van der Waals surface area contributed by atoms with Crippen LogP contribution in [0.4, 0.5) is 5.69 Å². The van der Waals surface area contributed by atoms with Crippen LogP contribution >= 0.6 is 11.6 Å². The molecule has 23 heavy (non-hydrogen) atoms. The van der Waals surface area contributed by atoms with Crippen molar-refractivity contribution < 1.29 is 13.2 Å². The Kier molecular flexibility index (Phi) is 4.48. The molecule has 5 nitrogen and oxygen atoms in total. The lowest BCUT2D eigenvalue weighted by Gasteiger charge is -2.28. The summed E-state index contributed by atoms with van der Waals surface area (Å²) < 4.78 is 33.1. The molecule has 0 bridgehead atoms. The fourth-order valence-corrected chi connectivity index (χ4v) is 3.52. The molecule has 1 aliphatic heterocycles. The van der Waals surface area contributed by atoms with E-state index in [0.29, 0.717) is 17.4 Å². The minimum atomic E-state index is -3.59. The molecule has 7 heteroatoms. The zero-order valence-electron chi connectivity index (χ0n) is 12.6. The van der Waals surface area contributed by atoms with E-state index < -0.39 is 10.0 Å². The van der Waals surface area contributed by atoms with Gasteiger partial charge in [0, 0.05) is 18.6 Å². The van der Waals surface area contributed by atoms with Crippen LogP contribution in [0.1, 0.15) is 5.56 Å². The number of anilines is 1. The van der Waals surface area contributed by atoms with Crippen molar-refractivity contribution in [1.82, 2.24) is 4.72 Å². The van der Waals surface area contributed by atoms with E-state index in [9.17, 15) is 8.42 Å². The molecule has 1 heterocycles. The van der Waals surface area contributed by atoms with Gasteiger partial charge in [0.2, 0.25) is 10.0 Å². The summed E-state index contributed by atoms with van der Waals surface area (Å²) in [5, 5.41) is 0.620. The van der Waals surface area contributed by atoms with Crippen LogP contribution in [-0.4, -0.2) is 28.6 Å². The second-order valence-corrected chi connectivity index (χ2v) is 7.55. The zero-order valence-corrected chi connectivity index (χ0v) is 14.2. The number of fused-ring (bicyclic) bond motifs is 1. The molecule has 0 spiro atoms. The highest BCUT2D eigenvalue weighted by molar-refractivity contribution is 7.89. The molecule has 3 rings (SSSR count). The van der Waals surface area contributed by atoms with Gasteiger partial charge in [0.25, 0.3) is 0 Å². The van der Waals surface area contributed by atoms with Gasteiger partial charge >= 0.3 is 0 Å². The van der Waals surface area contributed by atoms with Gasteiger partial charge in [0.1, 0.15) is 12.4 Å². The first-order valence-corrected chi connectivity index (χ1v) is 9.04. The summed E-state index contributed by atoms with van der Waals surface area (Å²) >= 11 is 5.82. The molecule has 0 aliphatic carbocycles. The maximum Gasteiger partial charge on any atom is 0.240 e. The van der Waals surface area contributed by atoms with E-state index in [4.69, 9.17) is 16.3 Å². The van der Waals surface area contributed by atoms with Gasteiger partial charge in [-0.2, -0.15) is 0 Å². The van der Waals surface area contributed by atoms with E-state index in [2.05, 4.69) is 4.72 Å². The van der Waals surface area contributed by atoms with Crippen LogP contribution in [0, 0.1) is 0 Å². The summed E-state index contributed by atoms with van der Waals surface area (Å²) in [5.74, 6) is 0.704. The van der Waals surface area contributed by atoms with Crippen molar-refractivity contribution in [2.24, 2.45) is 0 Å². The highest BCUT2D eigenvalue weighted by Crippen LogP contribution is 2.32. The van der Waals surface area contributed by atoms with Crippen molar-refractivity contribution in [1.29, 1.82) is 0 Å². The molecule has 0 atom stereocenters.